The molecule has 0 N–H and O–H groups in total. The van der Waals surface area contributed by atoms with Crippen LogP contribution < -0.4 is 0 Å². The van der Waals surface area contributed by atoms with E-state index >= 15 is 0 Å². The van der Waals surface area contributed by atoms with Gasteiger partial charge >= 0.3 is 5.71 Å². The summed E-state index contributed by atoms with van der Waals surface area (Å²) >= 11 is 0. The van der Waals surface area contributed by atoms with Gasteiger partial charge in [0, 0.05) is 5.41 Å². The Hall–Kier alpha value is -0.950. The molecule has 2 bridgehead atoms. The maximum atomic E-state index is 12.1. The first-order chi connectivity index (χ1) is 8.41. The summed E-state index contributed by atoms with van der Waals surface area (Å²) in [4.78, 5) is 15.3. The summed E-state index contributed by atoms with van der Waals surface area (Å²) in [6.07, 6.45) is 7.15. The van der Waals surface area contributed by atoms with Crippen molar-refractivity contribution in [2.45, 2.75) is 59.3 Å². The number of carbonyl (C=O) groups is 1. The molecule has 0 aromatic rings. The van der Waals surface area contributed by atoms with Gasteiger partial charge in [0.2, 0.25) is 5.78 Å². The monoisotopic (exact) mass is 248 g/mol. The Morgan fingerprint density at radius 1 is 1.28 bits per heavy atom. The Morgan fingerprint density at radius 3 is 2.44 bits per heavy atom. The van der Waals surface area contributed by atoms with Crippen molar-refractivity contribution in [1.29, 1.82) is 0 Å². The number of carbonyl (C=O) groups excluding carboxylic acids is 1. The number of ketones is 1. The Labute approximate surface area is 110 Å². The average Bonchev–Trinajstić information content (AvgIpc) is 2.90. The van der Waals surface area contributed by atoms with E-state index in [0.717, 1.165) is 24.2 Å². The predicted octanol–water partition coefficient (Wildman–Crippen LogP) is 3.49. The van der Waals surface area contributed by atoms with Crippen LogP contribution in [0.25, 0.3) is 5.53 Å². The highest BCUT2D eigenvalue weighted by Gasteiger charge is 2.40. The topological polar surface area (TPSA) is 53.5 Å². The van der Waals surface area contributed by atoms with E-state index in [1.807, 2.05) is 20.8 Å². The molecule has 100 valence electrons. The fourth-order valence-electron chi connectivity index (χ4n) is 3.69. The predicted molar refractivity (Wildman–Crippen MR) is 71.3 cm³/mol. The Morgan fingerprint density at radius 2 is 2.00 bits per heavy atom. The highest BCUT2D eigenvalue weighted by atomic mass is 16.1. The normalized spacial score (nSPS) is 30.3. The van der Waals surface area contributed by atoms with Crippen molar-refractivity contribution in [1.82, 2.24) is 0 Å². The lowest BCUT2D eigenvalue weighted by Crippen LogP contribution is -2.30. The summed E-state index contributed by atoms with van der Waals surface area (Å²) in [5.74, 6) is 2.55. The van der Waals surface area contributed by atoms with Crippen molar-refractivity contribution in [3.05, 3.63) is 5.53 Å². The second kappa shape index (κ2) is 4.97. The molecule has 0 heterocycles. The van der Waals surface area contributed by atoms with Gasteiger partial charge in [-0.05, 0) is 43.4 Å². The molecule has 0 aliphatic heterocycles. The number of hydrogen-bond donors (Lipinski definition) is 0. The molecule has 3 unspecified atom stereocenters. The molecule has 2 rings (SSSR count). The highest BCUT2D eigenvalue weighted by molar-refractivity contribution is 6.39. The summed E-state index contributed by atoms with van der Waals surface area (Å²) in [5, 5.41) is 0. The Balaban J connectivity index is 1.89. The summed E-state index contributed by atoms with van der Waals surface area (Å²) in [6.45, 7) is 5.62. The van der Waals surface area contributed by atoms with Crippen molar-refractivity contribution in [3.63, 3.8) is 0 Å². The van der Waals surface area contributed by atoms with Crippen LogP contribution in [0.1, 0.15) is 59.3 Å². The molecule has 2 fully saturated rings. The largest absolute Gasteiger partial charge is 0.361 e. The molecule has 3 nitrogen and oxygen atoms in total. The van der Waals surface area contributed by atoms with Crippen molar-refractivity contribution >= 4 is 11.5 Å². The van der Waals surface area contributed by atoms with Crippen LogP contribution in [-0.4, -0.2) is 16.3 Å². The molecule has 0 aromatic carbocycles. The summed E-state index contributed by atoms with van der Waals surface area (Å²) in [5.41, 5.74) is 8.95. The molecule has 0 spiro atoms. The molecule has 2 saturated carbocycles. The van der Waals surface area contributed by atoms with Gasteiger partial charge in [-0.25, -0.2) is 0 Å². The third kappa shape index (κ3) is 2.72. The number of nitrogens with zero attached hydrogens (tertiary/aromatic N) is 2. The van der Waals surface area contributed by atoms with E-state index in [2.05, 4.69) is 4.79 Å². The minimum absolute atomic E-state index is 0.0202. The van der Waals surface area contributed by atoms with E-state index in [1.165, 1.54) is 25.7 Å². The van der Waals surface area contributed by atoms with Crippen molar-refractivity contribution in [2.75, 3.05) is 0 Å². The second-order valence-electron chi connectivity index (χ2n) is 7.10. The molecule has 0 amide bonds. The van der Waals surface area contributed by atoms with Crippen LogP contribution in [0, 0.1) is 23.2 Å². The third-order valence-corrected chi connectivity index (χ3v) is 4.70. The molecule has 0 aromatic heterocycles. The lowest BCUT2D eigenvalue weighted by molar-refractivity contribution is -0.124. The Bertz CT molecular complexity index is 388. The molecule has 2 aliphatic rings. The maximum absolute atomic E-state index is 12.1. The first-order valence-corrected chi connectivity index (χ1v) is 7.17. The van der Waals surface area contributed by atoms with E-state index in [0.29, 0.717) is 12.1 Å². The minimum atomic E-state index is -0.448. The van der Waals surface area contributed by atoms with Gasteiger partial charge in [-0.2, -0.15) is 4.79 Å². The van der Waals surface area contributed by atoms with Gasteiger partial charge in [0.15, 0.2) is 0 Å². The van der Waals surface area contributed by atoms with E-state index in [-0.39, 0.29) is 5.78 Å². The molecule has 3 atom stereocenters. The first kappa shape index (κ1) is 13.5. The maximum Gasteiger partial charge on any atom is 0.334 e. The van der Waals surface area contributed by atoms with Crippen molar-refractivity contribution in [3.8, 4) is 0 Å². The van der Waals surface area contributed by atoms with Crippen molar-refractivity contribution in [2.24, 2.45) is 23.2 Å². The highest BCUT2D eigenvalue weighted by Crippen LogP contribution is 2.49. The quantitative estimate of drug-likeness (QED) is 0.427. The molecule has 0 radical (unpaired) electrons. The summed E-state index contributed by atoms with van der Waals surface area (Å²) in [7, 11) is 0. The van der Waals surface area contributed by atoms with Crippen LogP contribution in [-0.2, 0) is 4.79 Å². The average molecular weight is 248 g/mol. The smallest absolute Gasteiger partial charge is 0.334 e. The zero-order chi connectivity index (χ0) is 13.3. The SMILES string of the molecule is CC(C)(C)C(=O)C(CCC1CC2CCC1C2)=[N+]=[N-]. The van der Waals surface area contributed by atoms with Crippen LogP contribution >= 0.6 is 0 Å². The van der Waals surface area contributed by atoms with Gasteiger partial charge in [-0.15, -0.1) is 0 Å². The molecule has 0 saturated heterocycles. The van der Waals surface area contributed by atoms with Gasteiger partial charge in [0.05, 0.1) is 6.42 Å². The molecular formula is C15H24N2O. The van der Waals surface area contributed by atoms with Gasteiger partial charge in [0.1, 0.15) is 0 Å². The third-order valence-electron chi connectivity index (χ3n) is 4.70. The van der Waals surface area contributed by atoms with E-state index in [9.17, 15) is 4.79 Å². The summed E-state index contributed by atoms with van der Waals surface area (Å²) in [6, 6.07) is 0. The van der Waals surface area contributed by atoms with Gasteiger partial charge < -0.3 is 5.53 Å². The molecular weight excluding hydrogens is 224 g/mol. The zero-order valence-electron chi connectivity index (χ0n) is 11.8. The number of rotatable bonds is 4. The number of hydrogen-bond acceptors (Lipinski definition) is 1. The first-order valence-electron chi connectivity index (χ1n) is 7.17. The minimum Gasteiger partial charge on any atom is -0.361 e. The molecule has 2 aliphatic carbocycles. The lowest BCUT2D eigenvalue weighted by Gasteiger charge is -2.21. The van der Waals surface area contributed by atoms with Gasteiger partial charge in [-0.3, -0.25) is 4.79 Å². The van der Waals surface area contributed by atoms with Crippen molar-refractivity contribution < 1.29 is 9.58 Å². The molecule has 3 heteroatoms. The van der Waals surface area contributed by atoms with E-state index in [4.69, 9.17) is 5.53 Å². The van der Waals surface area contributed by atoms with Crippen LogP contribution in [0.2, 0.25) is 0 Å². The molecule has 18 heavy (non-hydrogen) atoms. The van der Waals surface area contributed by atoms with E-state index in [1.54, 1.807) is 0 Å². The van der Waals surface area contributed by atoms with Gasteiger partial charge in [0.25, 0.3) is 0 Å². The second-order valence-corrected chi connectivity index (χ2v) is 7.10. The fraction of sp³-hybridized carbons (Fsp3) is 0.867. The number of Topliss-reactive ketones (excluding diaryl/α,β-unsaturated/α-hetero) is 1. The van der Waals surface area contributed by atoms with E-state index < -0.39 is 5.41 Å². The van der Waals surface area contributed by atoms with Crippen LogP contribution in [0.4, 0.5) is 0 Å². The van der Waals surface area contributed by atoms with Crippen LogP contribution in [0.3, 0.4) is 0 Å². The zero-order valence-corrected chi connectivity index (χ0v) is 11.8. The van der Waals surface area contributed by atoms with Crippen LogP contribution in [0.15, 0.2) is 0 Å². The van der Waals surface area contributed by atoms with Gasteiger partial charge in [-0.1, -0.05) is 27.2 Å². The fourth-order valence-corrected chi connectivity index (χ4v) is 3.69. The summed E-state index contributed by atoms with van der Waals surface area (Å²) < 4.78 is 0. The standard InChI is InChI=1S/C15H24N2O/c1-15(2,3)14(18)13(17-16)7-6-12-9-10-4-5-11(12)8-10/h10-12H,4-9H2,1-3H3. The lowest BCUT2D eigenvalue weighted by atomic mass is 9.82. The van der Waals surface area contributed by atoms with Crippen LogP contribution in [0.5, 0.6) is 0 Å². The Kier molecular flexibility index (Phi) is 3.72. The number of fused-ring (bicyclic) bond motifs is 2.